The number of benzene rings is 1. The first kappa shape index (κ1) is 19.1. The Balaban J connectivity index is 2.52. The van der Waals surface area contributed by atoms with E-state index in [1.165, 1.54) is 32.6 Å². The molecule has 0 saturated carbocycles. The third-order valence-corrected chi connectivity index (χ3v) is 3.65. The second-order valence-corrected chi connectivity index (χ2v) is 5.73. The lowest BCUT2D eigenvalue weighted by atomic mass is 9.97. The molecule has 0 unspecified atom stereocenters. The molecule has 0 bridgehead atoms. The van der Waals surface area contributed by atoms with E-state index in [1.54, 1.807) is 6.07 Å². The lowest BCUT2D eigenvalue weighted by Gasteiger charge is -2.14. The summed E-state index contributed by atoms with van der Waals surface area (Å²) in [5, 5.41) is 20.1. The number of oxazole rings is 1. The highest BCUT2D eigenvalue weighted by Crippen LogP contribution is 2.36. The van der Waals surface area contributed by atoms with Gasteiger partial charge in [0, 0.05) is 5.56 Å². The van der Waals surface area contributed by atoms with Crippen molar-refractivity contribution in [1.29, 1.82) is 0 Å². The normalized spacial score (nSPS) is 10.8. The number of aromatic carboxylic acids is 1. The molecule has 1 aromatic carbocycles. The Labute approximate surface area is 151 Å². The fourth-order valence-electron chi connectivity index (χ4n) is 2.36. The third kappa shape index (κ3) is 4.24. The minimum absolute atomic E-state index is 0.0978. The molecule has 0 aliphatic carbocycles. The predicted octanol–water partition coefficient (Wildman–Crippen LogP) is 3.77. The number of nitrogens with zero attached hydrogens (tertiary/aromatic N) is 1. The van der Waals surface area contributed by atoms with Crippen molar-refractivity contribution in [3.63, 3.8) is 0 Å². The second-order valence-electron chi connectivity index (χ2n) is 5.73. The molecule has 2 N–H and O–H groups in total. The molecule has 0 saturated heterocycles. The van der Waals surface area contributed by atoms with Gasteiger partial charge in [-0.15, -0.1) is 0 Å². The van der Waals surface area contributed by atoms with Crippen molar-refractivity contribution in [1.82, 2.24) is 4.98 Å². The van der Waals surface area contributed by atoms with Crippen LogP contribution in [0.5, 0.6) is 17.6 Å². The highest BCUT2D eigenvalue weighted by molar-refractivity contribution is 5.97. The van der Waals surface area contributed by atoms with E-state index in [-0.39, 0.29) is 23.0 Å². The standard InChI is InChI=1S/C19H21NO6/c1-11(2)5-8-14-15(24-3)9-12(16(17(14)21)18(22)23)6-7-13-10-20-19(25-4)26-13/h5-7,9-10,21H,8H2,1-4H3,(H,22,23)/b7-6+. The van der Waals surface area contributed by atoms with E-state index >= 15 is 0 Å². The maximum Gasteiger partial charge on any atom is 0.393 e. The Bertz CT molecular complexity index is 859. The number of aromatic hydroxyl groups is 1. The van der Waals surface area contributed by atoms with Gasteiger partial charge in [0.2, 0.25) is 0 Å². The van der Waals surface area contributed by atoms with Gasteiger partial charge >= 0.3 is 12.0 Å². The zero-order valence-corrected chi connectivity index (χ0v) is 15.1. The lowest BCUT2D eigenvalue weighted by molar-refractivity contribution is 0.0693. The maximum absolute atomic E-state index is 11.7. The van der Waals surface area contributed by atoms with Crippen LogP contribution in [0.15, 0.2) is 28.3 Å². The van der Waals surface area contributed by atoms with Crippen LogP contribution in [0.1, 0.15) is 41.1 Å². The number of rotatable bonds is 7. The van der Waals surface area contributed by atoms with Crippen LogP contribution in [0.3, 0.4) is 0 Å². The molecule has 2 aromatic rings. The quantitative estimate of drug-likeness (QED) is 0.725. The van der Waals surface area contributed by atoms with Gasteiger partial charge < -0.3 is 24.1 Å². The van der Waals surface area contributed by atoms with Crippen molar-refractivity contribution in [3.8, 4) is 17.6 Å². The summed E-state index contributed by atoms with van der Waals surface area (Å²) < 4.78 is 15.5. The minimum Gasteiger partial charge on any atom is -0.507 e. The summed E-state index contributed by atoms with van der Waals surface area (Å²) in [5.74, 6) is -0.771. The number of hydrogen-bond donors (Lipinski definition) is 2. The largest absolute Gasteiger partial charge is 0.507 e. The molecule has 138 valence electrons. The molecule has 26 heavy (non-hydrogen) atoms. The molecule has 0 amide bonds. The molecule has 1 heterocycles. The van der Waals surface area contributed by atoms with Gasteiger partial charge in [-0.2, -0.15) is 4.98 Å². The molecule has 0 radical (unpaired) electrons. The van der Waals surface area contributed by atoms with Gasteiger partial charge in [0.1, 0.15) is 17.1 Å². The van der Waals surface area contributed by atoms with Crippen LogP contribution >= 0.6 is 0 Å². The summed E-state index contributed by atoms with van der Waals surface area (Å²) in [6.45, 7) is 3.84. The molecule has 7 nitrogen and oxygen atoms in total. The summed E-state index contributed by atoms with van der Waals surface area (Å²) in [6, 6.07) is 1.57. The Morgan fingerprint density at radius 1 is 1.27 bits per heavy atom. The fourth-order valence-corrected chi connectivity index (χ4v) is 2.36. The first-order chi connectivity index (χ1) is 12.4. The number of aromatic nitrogens is 1. The number of methoxy groups -OCH3 is 2. The highest BCUT2D eigenvalue weighted by Gasteiger charge is 2.21. The van der Waals surface area contributed by atoms with Crippen molar-refractivity contribution in [3.05, 3.63) is 46.4 Å². The van der Waals surface area contributed by atoms with E-state index < -0.39 is 5.97 Å². The Morgan fingerprint density at radius 3 is 2.54 bits per heavy atom. The van der Waals surface area contributed by atoms with Gasteiger partial charge in [0.25, 0.3) is 0 Å². The first-order valence-corrected chi connectivity index (χ1v) is 7.84. The number of carboxylic acid groups (broad SMARTS) is 1. The van der Waals surface area contributed by atoms with E-state index in [4.69, 9.17) is 13.9 Å². The SMILES string of the molecule is COc1ncc(/C=C/c2cc(OC)c(CC=C(C)C)c(O)c2C(=O)O)o1. The summed E-state index contributed by atoms with van der Waals surface area (Å²) >= 11 is 0. The van der Waals surface area contributed by atoms with E-state index in [1.807, 2.05) is 19.9 Å². The van der Waals surface area contributed by atoms with Gasteiger partial charge in [0.05, 0.1) is 20.4 Å². The van der Waals surface area contributed by atoms with Gasteiger partial charge in [0.15, 0.2) is 5.76 Å². The van der Waals surface area contributed by atoms with Crippen molar-refractivity contribution in [2.75, 3.05) is 14.2 Å². The van der Waals surface area contributed by atoms with Crippen LogP contribution in [0.2, 0.25) is 0 Å². The Morgan fingerprint density at radius 2 is 2.00 bits per heavy atom. The smallest absolute Gasteiger partial charge is 0.393 e. The molecule has 0 spiro atoms. The predicted molar refractivity (Wildman–Crippen MR) is 96.7 cm³/mol. The molecule has 0 aliphatic heterocycles. The van der Waals surface area contributed by atoms with Crippen LogP contribution in [0, 0.1) is 0 Å². The Kier molecular flexibility index (Phi) is 6.06. The van der Waals surface area contributed by atoms with Gasteiger partial charge in [-0.1, -0.05) is 17.7 Å². The van der Waals surface area contributed by atoms with Crippen molar-refractivity contribution >= 4 is 18.1 Å². The number of phenols is 1. The van der Waals surface area contributed by atoms with E-state index in [2.05, 4.69) is 4.98 Å². The van der Waals surface area contributed by atoms with Crippen molar-refractivity contribution < 1.29 is 28.9 Å². The average molecular weight is 359 g/mol. The molecule has 7 heteroatoms. The summed E-state index contributed by atoms with van der Waals surface area (Å²) in [6.07, 6.45) is 6.83. The number of hydrogen-bond acceptors (Lipinski definition) is 6. The minimum atomic E-state index is -1.24. The van der Waals surface area contributed by atoms with Crippen LogP contribution in [0.25, 0.3) is 12.2 Å². The molecule has 2 rings (SSSR count). The Hall–Kier alpha value is -3.22. The van der Waals surface area contributed by atoms with Crippen LogP contribution in [-0.2, 0) is 6.42 Å². The number of carbonyl (C=O) groups is 1. The number of carboxylic acids is 1. The van der Waals surface area contributed by atoms with Gasteiger partial charge in [-0.25, -0.2) is 4.79 Å². The van der Waals surface area contributed by atoms with Crippen LogP contribution in [-0.4, -0.2) is 35.4 Å². The maximum atomic E-state index is 11.7. The molecule has 0 aliphatic rings. The first-order valence-electron chi connectivity index (χ1n) is 7.84. The highest BCUT2D eigenvalue weighted by atomic mass is 16.6. The van der Waals surface area contributed by atoms with Crippen molar-refractivity contribution in [2.24, 2.45) is 0 Å². The van der Waals surface area contributed by atoms with E-state index in [9.17, 15) is 15.0 Å². The fraction of sp³-hybridized carbons (Fsp3) is 0.263. The van der Waals surface area contributed by atoms with Crippen molar-refractivity contribution in [2.45, 2.75) is 20.3 Å². The third-order valence-electron chi connectivity index (χ3n) is 3.65. The summed E-state index contributed by atoms with van der Waals surface area (Å²) in [4.78, 5) is 15.6. The monoisotopic (exact) mass is 359 g/mol. The average Bonchev–Trinajstić information content (AvgIpc) is 3.05. The summed E-state index contributed by atoms with van der Waals surface area (Å²) in [5.41, 5.74) is 1.55. The molecule has 0 atom stereocenters. The van der Waals surface area contributed by atoms with Gasteiger partial charge in [-0.3, -0.25) is 0 Å². The number of ether oxygens (including phenoxy) is 2. The molecule has 1 aromatic heterocycles. The molecular formula is C19H21NO6. The van der Waals surface area contributed by atoms with Gasteiger partial charge in [-0.05, 0) is 38.0 Å². The van der Waals surface area contributed by atoms with E-state index in [0.717, 1.165) is 5.57 Å². The summed E-state index contributed by atoms with van der Waals surface area (Å²) in [7, 11) is 2.89. The topological polar surface area (TPSA) is 102 Å². The van der Waals surface area contributed by atoms with E-state index in [0.29, 0.717) is 23.5 Å². The zero-order chi connectivity index (χ0) is 19.3. The zero-order valence-electron chi connectivity index (χ0n) is 15.1. The molecular weight excluding hydrogens is 338 g/mol. The second kappa shape index (κ2) is 8.24. The van der Waals surface area contributed by atoms with Crippen LogP contribution in [0.4, 0.5) is 0 Å². The van der Waals surface area contributed by atoms with Crippen LogP contribution < -0.4 is 9.47 Å². The molecule has 0 fully saturated rings. The lowest BCUT2D eigenvalue weighted by Crippen LogP contribution is -2.04. The number of allylic oxidation sites excluding steroid dienone is 2.